The number of carboxylic acids is 1. The quantitative estimate of drug-likeness (QED) is 0.243. The number of fused-ring (bicyclic) bond motifs is 1. The summed E-state index contributed by atoms with van der Waals surface area (Å²) in [5.74, 6) is -0.985. The molecule has 10 nitrogen and oxygen atoms in total. The maximum absolute atomic E-state index is 13.4. The Bertz CT molecular complexity index is 1750. The Labute approximate surface area is 248 Å². The van der Waals surface area contributed by atoms with Crippen molar-refractivity contribution in [3.05, 3.63) is 63.5 Å². The van der Waals surface area contributed by atoms with Crippen LogP contribution in [0.2, 0.25) is 0 Å². The minimum Gasteiger partial charge on any atom is -0.477 e. The number of thiazole rings is 1. The number of carboxylic acid groups (broad SMARTS) is 1. The minimum atomic E-state index is -4.65. The number of likely N-dealkylation sites (tertiary alicyclic amines) is 1. The van der Waals surface area contributed by atoms with Crippen molar-refractivity contribution >= 4 is 40.1 Å². The van der Waals surface area contributed by atoms with Gasteiger partial charge in [-0.05, 0) is 56.1 Å². The zero-order valence-electron chi connectivity index (χ0n) is 23.4. The van der Waals surface area contributed by atoms with Gasteiger partial charge in [0.25, 0.3) is 0 Å². The van der Waals surface area contributed by atoms with Gasteiger partial charge in [-0.15, -0.1) is 11.3 Å². The number of carbonyl (C=O) groups excluding carboxylic acids is 1. The molecular weight excluding hydrogens is 585 g/mol. The van der Waals surface area contributed by atoms with Gasteiger partial charge in [-0.25, -0.2) is 19.6 Å². The van der Waals surface area contributed by atoms with Crippen molar-refractivity contribution in [1.82, 2.24) is 24.8 Å². The lowest BCUT2D eigenvalue weighted by Crippen LogP contribution is -2.28. The van der Waals surface area contributed by atoms with Gasteiger partial charge in [-0.2, -0.15) is 13.2 Å². The molecule has 1 aliphatic rings. The summed E-state index contributed by atoms with van der Waals surface area (Å²) in [6.07, 6.45) is -0.950. The summed E-state index contributed by atoms with van der Waals surface area (Å²) in [5.41, 5.74) is -0.521. The van der Waals surface area contributed by atoms with Crippen LogP contribution in [0.15, 0.2) is 46.8 Å². The highest BCUT2D eigenvalue weighted by Gasteiger charge is 2.34. The molecule has 0 saturated carbocycles. The molecule has 0 aliphatic carbocycles. The predicted molar refractivity (Wildman–Crippen MR) is 157 cm³/mol. The number of urea groups is 1. The van der Waals surface area contributed by atoms with E-state index in [4.69, 9.17) is 0 Å². The first-order chi connectivity index (χ1) is 20.5. The summed E-state index contributed by atoms with van der Waals surface area (Å²) in [6.45, 7) is 7.42. The number of pyridine rings is 2. The molecule has 1 fully saturated rings. The van der Waals surface area contributed by atoms with Crippen LogP contribution in [0.25, 0.3) is 32.6 Å². The average Bonchev–Trinajstić information content (AvgIpc) is 3.64. The monoisotopic (exact) mass is 614 g/mol. The highest BCUT2D eigenvalue weighted by atomic mass is 32.1. The Morgan fingerprint density at radius 3 is 2.63 bits per heavy atom. The van der Waals surface area contributed by atoms with Crippen LogP contribution in [0.1, 0.15) is 36.3 Å². The van der Waals surface area contributed by atoms with Gasteiger partial charge < -0.3 is 19.9 Å². The number of nitrogens with zero attached hydrogens (tertiary/aromatic N) is 4. The van der Waals surface area contributed by atoms with Crippen LogP contribution < -0.4 is 16.1 Å². The molecule has 3 aromatic heterocycles. The molecule has 0 spiro atoms. The highest BCUT2D eigenvalue weighted by Crippen LogP contribution is 2.39. The summed E-state index contributed by atoms with van der Waals surface area (Å²) in [4.78, 5) is 47.8. The maximum Gasteiger partial charge on any atom is 0.434 e. The smallest absolute Gasteiger partial charge is 0.434 e. The van der Waals surface area contributed by atoms with Crippen molar-refractivity contribution in [1.29, 1.82) is 0 Å². The zero-order chi connectivity index (χ0) is 30.9. The third-order valence-corrected chi connectivity index (χ3v) is 8.28. The van der Waals surface area contributed by atoms with Gasteiger partial charge in [0.1, 0.15) is 16.4 Å². The highest BCUT2D eigenvalue weighted by molar-refractivity contribution is 7.13. The molecule has 3 N–H and O–H groups in total. The fourth-order valence-corrected chi connectivity index (χ4v) is 6.13. The van der Waals surface area contributed by atoms with Crippen LogP contribution in [-0.4, -0.2) is 62.7 Å². The van der Waals surface area contributed by atoms with E-state index in [0.717, 1.165) is 42.8 Å². The molecule has 0 unspecified atom stereocenters. The maximum atomic E-state index is 13.4. The molecule has 1 atom stereocenters. The second kappa shape index (κ2) is 12.1. The molecule has 4 aromatic rings. The van der Waals surface area contributed by atoms with Gasteiger partial charge in [0, 0.05) is 53.9 Å². The molecule has 5 rings (SSSR count). The Morgan fingerprint density at radius 2 is 1.98 bits per heavy atom. The first-order valence-corrected chi connectivity index (χ1v) is 14.6. The number of nitrogens with one attached hydrogen (secondary N) is 2. The number of aromatic carboxylic acids is 1. The Hall–Kier alpha value is -4.30. The molecule has 0 bridgehead atoms. The normalized spacial score (nSPS) is 15.6. The van der Waals surface area contributed by atoms with Crippen LogP contribution >= 0.6 is 11.3 Å². The average molecular weight is 615 g/mol. The number of alkyl halides is 3. The van der Waals surface area contributed by atoms with E-state index in [1.165, 1.54) is 24.5 Å². The molecule has 14 heteroatoms. The second-order valence-corrected chi connectivity index (χ2v) is 11.1. The summed E-state index contributed by atoms with van der Waals surface area (Å²) in [6, 6.07) is 5.82. The molecule has 2 amide bonds. The van der Waals surface area contributed by atoms with Crippen molar-refractivity contribution in [2.24, 2.45) is 5.92 Å². The molecule has 1 saturated heterocycles. The van der Waals surface area contributed by atoms with Gasteiger partial charge in [0.15, 0.2) is 5.69 Å². The van der Waals surface area contributed by atoms with Crippen molar-refractivity contribution in [3.63, 3.8) is 0 Å². The van der Waals surface area contributed by atoms with Gasteiger partial charge in [0.05, 0.1) is 5.52 Å². The summed E-state index contributed by atoms with van der Waals surface area (Å²) >= 11 is 0.777. The Kier molecular flexibility index (Phi) is 8.51. The SMILES string of the molecule is CCNC(=O)Nc1cc(-c2nc(C(F)(F)F)cs2)c(-c2ccc3c(c2)c(=O)c(C(=O)O)cn3C[C@H]2CCN(CC)C2)cn1. The predicted octanol–water partition coefficient (Wildman–Crippen LogP) is 5.39. The fraction of sp³-hybridized carbons (Fsp3) is 0.345. The van der Waals surface area contributed by atoms with Crippen LogP contribution in [-0.2, 0) is 12.7 Å². The van der Waals surface area contributed by atoms with E-state index in [9.17, 15) is 32.7 Å². The second-order valence-electron chi connectivity index (χ2n) is 10.2. The largest absolute Gasteiger partial charge is 0.477 e. The molecule has 4 heterocycles. The molecule has 226 valence electrons. The number of benzene rings is 1. The van der Waals surface area contributed by atoms with E-state index in [2.05, 4.69) is 32.4 Å². The van der Waals surface area contributed by atoms with Gasteiger partial charge >= 0.3 is 18.2 Å². The number of aromatic nitrogens is 3. The van der Waals surface area contributed by atoms with Crippen molar-refractivity contribution in [2.75, 3.05) is 31.5 Å². The van der Waals surface area contributed by atoms with E-state index >= 15 is 0 Å². The number of hydrogen-bond donors (Lipinski definition) is 3. The fourth-order valence-electron chi connectivity index (χ4n) is 5.28. The standard InChI is InChI=1S/C29H29F3N6O4S/c1-3-33-28(42)36-24-10-18(26-35-23(15-43-26)29(30,31)32)20(11-34-24)17-5-6-22-19(9-17)25(39)21(27(40)41)14-38(22)13-16-7-8-37(4-2)12-16/h5-6,9-11,14-16H,3-4,7-8,12-13H2,1-2H3,(H,40,41)(H2,33,34,36,42)/t16-/m0/s1. The van der Waals surface area contributed by atoms with Crippen LogP contribution in [0.3, 0.4) is 0 Å². The topological polar surface area (TPSA) is 129 Å². The summed E-state index contributed by atoms with van der Waals surface area (Å²) in [5, 5.41) is 16.0. The van der Waals surface area contributed by atoms with E-state index in [1.54, 1.807) is 23.6 Å². The molecule has 0 radical (unpaired) electrons. The molecule has 43 heavy (non-hydrogen) atoms. The summed E-state index contributed by atoms with van der Waals surface area (Å²) in [7, 11) is 0. The van der Waals surface area contributed by atoms with Crippen molar-refractivity contribution in [2.45, 2.75) is 33.0 Å². The lowest BCUT2D eigenvalue weighted by molar-refractivity contribution is -0.140. The number of rotatable bonds is 8. The van der Waals surface area contributed by atoms with E-state index in [-0.39, 0.29) is 33.3 Å². The third-order valence-electron chi connectivity index (χ3n) is 7.40. The Morgan fingerprint density at radius 1 is 1.19 bits per heavy atom. The zero-order valence-corrected chi connectivity index (χ0v) is 24.2. The first kappa shape index (κ1) is 30.2. The summed E-state index contributed by atoms with van der Waals surface area (Å²) < 4.78 is 42.0. The molecule has 1 aromatic carbocycles. The van der Waals surface area contributed by atoms with Crippen LogP contribution in [0.4, 0.5) is 23.8 Å². The van der Waals surface area contributed by atoms with E-state index < -0.39 is 29.3 Å². The lowest BCUT2D eigenvalue weighted by Gasteiger charge is -2.18. The third kappa shape index (κ3) is 6.39. The Balaban J connectivity index is 1.63. The first-order valence-electron chi connectivity index (χ1n) is 13.7. The number of carbonyl (C=O) groups is 2. The lowest BCUT2D eigenvalue weighted by atomic mass is 9.99. The minimum absolute atomic E-state index is 0.0298. The van der Waals surface area contributed by atoms with Gasteiger partial charge in [-0.1, -0.05) is 13.0 Å². The molecule has 1 aliphatic heterocycles. The molecular formula is C29H29F3N6O4S. The number of hydrogen-bond acceptors (Lipinski definition) is 7. The van der Waals surface area contributed by atoms with Gasteiger partial charge in [0.2, 0.25) is 5.43 Å². The van der Waals surface area contributed by atoms with Gasteiger partial charge in [-0.3, -0.25) is 10.1 Å². The van der Waals surface area contributed by atoms with Crippen LogP contribution in [0.5, 0.6) is 0 Å². The van der Waals surface area contributed by atoms with Crippen molar-refractivity contribution in [3.8, 4) is 21.7 Å². The number of halogens is 3. The number of amides is 2. The van der Waals surface area contributed by atoms with Crippen LogP contribution in [0, 0.1) is 5.92 Å². The van der Waals surface area contributed by atoms with E-state index in [1.807, 2.05) is 0 Å². The van der Waals surface area contributed by atoms with E-state index in [0.29, 0.717) is 29.7 Å². The number of anilines is 1. The van der Waals surface area contributed by atoms with Crippen molar-refractivity contribution < 1.29 is 27.9 Å².